The number of carboxylic acids is 1. The zero-order valence-electron chi connectivity index (χ0n) is 10.8. The summed E-state index contributed by atoms with van der Waals surface area (Å²) in [4.78, 5) is 32.0. The Labute approximate surface area is 110 Å². The molecule has 1 saturated heterocycles. The Morgan fingerprint density at radius 1 is 1.42 bits per heavy atom. The van der Waals surface area contributed by atoms with Gasteiger partial charge in [0.15, 0.2) is 0 Å². The monoisotopic (exact) mass is 265 g/mol. The molecule has 1 fully saturated rings. The maximum absolute atomic E-state index is 12.0. The molecule has 1 aliphatic rings. The lowest BCUT2D eigenvalue weighted by atomic mass is 9.96. The summed E-state index contributed by atoms with van der Waals surface area (Å²) in [5, 5.41) is 8.55. The standard InChI is InChI=1S/C12H15N3O4/c1-8-3-14-9(4-13-8)11(18)15-6-12(2,7-15)19-5-10(16)17/h3-4H,5-7H2,1-2H3,(H,16,17). The van der Waals surface area contributed by atoms with Crippen LogP contribution < -0.4 is 0 Å². The van der Waals surface area contributed by atoms with Crippen LogP contribution in [-0.4, -0.2) is 57.1 Å². The second kappa shape index (κ2) is 4.93. The second-order valence-electron chi connectivity index (χ2n) is 4.84. The van der Waals surface area contributed by atoms with Crippen LogP contribution >= 0.6 is 0 Å². The van der Waals surface area contributed by atoms with Crippen molar-refractivity contribution in [3.8, 4) is 0 Å². The number of carbonyl (C=O) groups is 2. The molecule has 1 aliphatic heterocycles. The molecule has 0 saturated carbocycles. The average molecular weight is 265 g/mol. The molecule has 0 bridgehead atoms. The van der Waals surface area contributed by atoms with E-state index < -0.39 is 11.6 Å². The fraction of sp³-hybridized carbons (Fsp3) is 0.500. The number of likely N-dealkylation sites (tertiary alicyclic amines) is 1. The van der Waals surface area contributed by atoms with Crippen molar-refractivity contribution in [1.82, 2.24) is 14.9 Å². The van der Waals surface area contributed by atoms with E-state index in [-0.39, 0.29) is 18.2 Å². The van der Waals surface area contributed by atoms with Gasteiger partial charge in [-0.2, -0.15) is 0 Å². The van der Waals surface area contributed by atoms with E-state index in [1.54, 1.807) is 18.7 Å². The van der Waals surface area contributed by atoms with Crippen molar-refractivity contribution < 1.29 is 19.4 Å². The van der Waals surface area contributed by atoms with Crippen molar-refractivity contribution in [1.29, 1.82) is 0 Å². The molecule has 1 N–H and O–H groups in total. The van der Waals surface area contributed by atoms with E-state index in [1.807, 2.05) is 0 Å². The first kappa shape index (κ1) is 13.4. The first-order valence-corrected chi connectivity index (χ1v) is 5.83. The van der Waals surface area contributed by atoms with Crippen molar-refractivity contribution in [3.63, 3.8) is 0 Å². The maximum atomic E-state index is 12.0. The summed E-state index contributed by atoms with van der Waals surface area (Å²) < 4.78 is 5.23. The summed E-state index contributed by atoms with van der Waals surface area (Å²) >= 11 is 0. The smallest absolute Gasteiger partial charge is 0.329 e. The Balaban J connectivity index is 1.91. The van der Waals surface area contributed by atoms with Gasteiger partial charge in [-0.25, -0.2) is 9.78 Å². The second-order valence-corrected chi connectivity index (χ2v) is 4.84. The van der Waals surface area contributed by atoms with Gasteiger partial charge in [0.25, 0.3) is 5.91 Å². The van der Waals surface area contributed by atoms with Crippen LogP contribution in [0.5, 0.6) is 0 Å². The zero-order chi connectivity index (χ0) is 14.0. The van der Waals surface area contributed by atoms with Crippen molar-refractivity contribution in [2.45, 2.75) is 19.4 Å². The van der Waals surface area contributed by atoms with Crippen LogP contribution in [-0.2, 0) is 9.53 Å². The van der Waals surface area contributed by atoms with E-state index in [4.69, 9.17) is 9.84 Å². The number of aryl methyl sites for hydroxylation is 1. The van der Waals surface area contributed by atoms with Gasteiger partial charge in [-0.3, -0.25) is 9.78 Å². The number of ether oxygens (including phenoxy) is 1. The molecule has 2 rings (SSSR count). The fourth-order valence-electron chi connectivity index (χ4n) is 1.90. The molecule has 0 aromatic carbocycles. The molecule has 0 spiro atoms. The number of hydrogen-bond acceptors (Lipinski definition) is 5. The number of carbonyl (C=O) groups excluding carboxylic acids is 1. The Kier molecular flexibility index (Phi) is 3.48. The van der Waals surface area contributed by atoms with Gasteiger partial charge in [0.05, 0.1) is 25.0 Å². The van der Waals surface area contributed by atoms with Crippen LogP contribution in [0.3, 0.4) is 0 Å². The average Bonchev–Trinajstić information content (AvgIpc) is 2.33. The molecule has 19 heavy (non-hydrogen) atoms. The van der Waals surface area contributed by atoms with Crippen LogP contribution in [0.1, 0.15) is 23.1 Å². The maximum Gasteiger partial charge on any atom is 0.329 e. The number of aliphatic carboxylic acids is 1. The Bertz CT molecular complexity index is 494. The summed E-state index contributed by atoms with van der Waals surface area (Å²) in [5.74, 6) is -1.24. The molecule has 0 unspecified atom stereocenters. The van der Waals surface area contributed by atoms with E-state index in [2.05, 4.69) is 9.97 Å². The summed E-state index contributed by atoms with van der Waals surface area (Å²) in [6.07, 6.45) is 2.97. The summed E-state index contributed by atoms with van der Waals surface area (Å²) in [6, 6.07) is 0. The van der Waals surface area contributed by atoms with Gasteiger partial charge in [0.2, 0.25) is 0 Å². The quantitative estimate of drug-likeness (QED) is 0.830. The van der Waals surface area contributed by atoms with E-state index in [1.165, 1.54) is 12.4 Å². The van der Waals surface area contributed by atoms with Gasteiger partial charge in [0, 0.05) is 6.20 Å². The van der Waals surface area contributed by atoms with Crippen LogP contribution in [0.2, 0.25) is 0 Å². The van der Waals surface area contributed by atoms with Crippen LogP contribution in [0.25, 0.3) is 0 Å². The van der Waals surface area contributed by atoms with Crippen molar-refractivity contribution in [2.75, 3.05) is 19.7 Å². The minimum Gasteiger partial charge on any atom is -0.480 e. The lowest BCUT2D eigenvalue weighted by Gasteiger charge is -2.46. The number of carboxylic acid groups (broad SMARTS) is 1. The topological polar surface area (TPSA) is 92.6 Å². The minimum atomic E-state index is -1.02. The van der Waals surface area contributed by atoms with Gasteiger partial charge in [-0.15, -0.1) is 0 Å². The first-order valence-electron chi connectivity index (χ1n) is 5.83. The van der Waals surface area contributed by atoms with Gasteiger partial charge in [-0.05, 0) is 13.8 Å². The van der Waals surface area contributed by atoms with Crippen LogP contribution in [0.15, 0.2) is 12.4 Å². The number of nitrogens with zero attached hydrogens (tertiary/aromatic N) is 3. The molecule has 102 valence electrons. The van der Waals surface area contributed by atoms with Crippen LogP contribution in [0, 0.1) is 6.92 Å². The summed E-state index contributed by atoms with van der Waals surface area (Å²) in [6.45, 7) is 3.93. The van der Waals surface area contributed by atoms with Crippen molar-refractivity contribution in [2.24, 2.45) is 0 Å². The third kappa shape index (κ3) is 3.05. The third-order valence-corrected chi connectivity index (χ3v) is 2.88. The van der Waals surface area contributed by atoms with Gasteiger partial charge in [-0.1, -0.05) is 0 Å². The van der Waals surface area contributed by atoms with E-state index >= 15 is 0 Å². The van der Waals surface area contributed by atoms with E-state index in [9.17, 15) is 9.59 Å². The van der Waals surface area contributed by atoms with Crippen LogP contribution in [0.4, 0.5) is 0 Å². The lowest BCUT2D eigenvalue weighted by molar-refractivity contribution is -0.159. The molecule has 1 aromatic rings. The Morgan fingerprint density at radius 3 is 2.63 bits per heavy atom. The third-order valence-electron chi connectivity index (χ3n) is 2.88. The number of amides is 1. The molecular formula is C12H15N3O4. The van der Waals surface area contributed by atoms with Crippen molar-refractivity contribution in [3.05, 3.63) is 23.8 Å². The van der Waals surface area contributed by atoms with Gasteiger partial charge < -0.3 is 14.7 Å². The Hall–Kier alpha value is -2.02. The van der Waals surface area contributed by atoms with E-state index in [0.717, 1.165) is 5.69 Å². The predicted molar refractivity (Wildman–Crippen MR) is 64.7 cm³/mol. The predicted octanol–water partition coefficient (Wildman–Crippen LogP) is 0.101. The summed E-state index contributed by atoms with van der Waals surface area (Å²) in [5.41, 5.74) is 0.437. The highest BCUT2D eigenvalue weighted by molar-refractivity contribution is 5.92. The number of rotatable bonds is 4. The molecule has 7 nitrogen and oxygen atoms in total. The zero-order valence-corrected chi connectivity index (χ0v) is 10.8. The molecule has 0 radical (unpaired) electrons. The highest BCUT2D eigenvalue weighted by Crippen LogP contribution is 2.25. The highest BCUT2D eigenvalue weighted by atomic mass is 16.5. The number of hydrogen-bond donors (Lipinski definition) is 1. The molecule has 2 heterocycles. The molecule has 1 amide bonds. The SMILES string of the molecule is Cc1cnc(C(=O)N2CC(C)(OCC(=O)O)C2)cn1. The lowest BCUT2D eigenvalue weighted by Crippen LogP contribution is -2.63. The molecule has 7 heteroatoms. The molecule has 0 aliphatic carbocycles. The normalized spacial score (nSPS) is 16.8. The first-order chi connectivity index (χ1) is 8.89. The minimum absolute atomic E-state index is 0.219. The summed E-state index contributed by atoms with van der Waals surface area (Å²) in [7, 11) is 0. The molecule has 0 atom stereocenters. The molecule has 1 aromatic heterocycles. The van der Waals surface area contributed by atoms with E-state index in [0.29, 0.717) is 13.1 Å². The highest BCUT2D eigenvalue weighted by Gasteiger charge is 2.43. The fourth-order valence-corrected chi connectivity index (χ4v) is 1.90. The number of aromatic nitrogens is 2. The largest absolute Gasteiger partial charge is 0.480 e. The van der Waals surface area contributed by atoms with Gasteiger partial charge in [0.1, 0.15) is 17.9 Å². The van der Waals surface area contributed by atoms with Crippen molar-refractivity contribution >= 4 is 11.9 Å². The van der Waals surface area contributed by atoms with Gasteiger partial charge >= 0.3 is 5.97 Å². The molecular weight excluding hydrogens is 250 g/mol. The Morgan fingerprint density at radius 2 is 2.11 bits per heavy atom.